The molecule has 1 saturated heterocycles. The zero-order valence-corrected chi connectivity index (χ0v) is 10.9. The molecule has 0 N–H and O–H groups in total. The van der Waals surface area contributed by atoms with Gasteiger partial charge in [-0.05, 0) is 25.4 Å². The summed E-state index contributed by atoms with van der Waals surface area (Å²) in [5, 5.41) is 0.133. The second-order valence-corrected chi connectivity index (χ2v) is 4.75. The molecule has 1 aliphatic heterocycles. The molecule has 0 bridgehead atoms. The summed E-state index contributed by atoms with van der Waals surface area (Å²) < 4.78 is 10.4. The van der Waals surface area contributed by atoms with Crippen LogP contribution in [0.4, 0.5) is 5.95 Å². The summed E-state index contributed by atoms with van der Waals surface area (Å²) in [6, 6.07) is 0.224. The number of rotatable bonds is 2. The van der Waals surface area contributed by atoms with Gasteiger partial charge in [-0.1, -0.05) is 0 Å². The van der Waals surface area contributed by atoms with Crippen LogP contribution in [0, 0.1) is 0 Å². The average molecular weight is 259 g/mol. The first-order chi connectivity index (χ1) is 8.03. The molecule has 0 atom stereocenters. The van der Waals surface area contributed by atoms with Crippen LogP contribution in [0.25, 0.3) is 0 Å². The average Bonchev–Trinajstić information content (AvgIpc) is 2.27. The van der Waals surface area contributed by atoms with Crippen LogP contribution in [0.1, 0.15) is 13.8 Å². The number of halogens is 1. The van der Waals surface area contributed by atoms with Crippen molar-refractivity contribution in [3.8, 4) is 6.01 Å². The van der Waals surface area contributed by atoms with Gasteiger partial charge < -0.3 is 14.4 Å². The van der Waals surface area contributed by atoms with E-state index in [0.717, 1.165) is 6.54 Å². The highest BCUT2D eigenvalue weighted by molar-refractivity contribution is 6.28. The molecule has 1 aliphatic rings. The Kier molecular flexibility index (Phi) is 3.35. The van der Waals surface area contributed by atoms with Gasteiger partial charge in [0, 0.05) is 6.54 Å². The predicted octanol–water partition coefficient (Wildman–Crippen LogP) is 1.15. The van der Waals surface area contributed by atoms with Gasteiger partial charge in [0.15, 0.2) is 0 Å². The Hall–Kier alpha value is -1.14. The van der Waals surface area contributed by atoms with Crippen LogP contribution >= 0.6 is 11.6 Å². The monoisotopic (exact) mass is 258 g/mol. The van der Waals surface area contributed by atoms with Gasteiger partial charge in [0.2, 0.25) is 11.2 Å². The molecule has 1 aromatic rings. The Morgan fingerprint density at radius 1 is 1.35 bits per heavy atom. The number of hydrogen-bond donors (Lipinski definition) is 0. The number of methoxy groups -OCH3 is 1. The van der Waals surface area contributed by atoms with Crippen molar-refractivity contribution in [1.29, 1.82) is 0 Å². The van der Waals surface area contributed by atoms with Gasteiger partial charge in [-0.25, -0.2) is 0 Å². The Bertz CT molecular complexity index is 413. The fourth-order valence-electron chi connectivity index (χ4n) is 1.76. The quantitative estimate of drug-likeness (QED) is 0.793. The maximum atomic E-state index is 5.84. The Balaban J connectivity index is 2.35. The molecule has 0 saturated carbocycles. The summed E-state index contributed by atoms with van der Waals surface area (Å²) in [4.78, 5) is 14.3. The third-order valence-corrected chi connectivity index (χ3v) is 2.81. The molecule has 1 aromatic heterocycles. The van der Waals surface area contributed by atoms with Crippen LogP contribution in [0.3, 0.4) is 0 Å². The van der Waals surface area contributed by atoms with E-state index in [1.165, 1.54) is 7.11 Å². The van der Waals surface area contributed by atoms with Gasteiger partial charge in [-0.2, -0.15) is 15.0 Å². The highest BCUT2D eigenvalue weighted by atomic mass is 35.5. The molecule has 0 spiro atoms. The van der Waals surface area contributed by atoms with Crippen molar-refractivity contribution >= 4 is 17.5 Å². The van der Waals surface area contributed by atoms with Crippen molar-refractivity contribution < 1.29 is 9.47 Å². The number of aromatic nitrogens is 3. The summed E-state index contributed by atoms with van der Waals surface area (Å²) in [5.74, 6) is 0.523. The van der Waals surface area contributed by atoms with E-state index < -0.39 is 0 Å². The molecule has 17 heavy (non-hydrogen) atoms. The molecule has 0 amide bonds. The second-order valence-electron chi connectivity index (χ2n) is 4.41. The van der Waals surface area contributed by atoms with Crippen molar-refractivity contribution in [2.24, 2.45) is 0 Å². The van der Waals surface area contributed by atoms with Crippen molar-refractivity contribution in [3.63, 3.8) is 0 Å². The van der Waals surface area contributed by atoms with Crippen LogP contribution in [0.5, 0.6) is 6.01 Å². The first-order valence-corrected chi connectivity index (χ1v) is 5.72. The van der Waals surface area contributed by atoms with Gasteiger partial charge in [0.05, 0.1) is 25.9 Å². The Morgan fingerprint density at radius 2 is 2.12 bits per heavy atom. The maximum Gasteiger partial charge on any atom is 0.322 e. The molecule has 1 fully saturated rings. The van der Waals surface area contributed by atoms with Gasteiger partial charge in [0.25, 0.3) is 0 Å². The van der Waals surface area contributed by atoms with Crippen LogP contribution in [0.15, 0.2) is 0 Å². The van der Waals surface area contributed by atoms with Gasteiger partial charge in [-0.3, -0.25) is 0 Å². The molecule has 94 valence electrons. The fourth-order valence-corrected chi connectivity index (χ4v) is 1.91. The lowest BCUT2D eigenvalue weighted by Crippen LogP contribution is -2.53. The lowest BCUT2D eigenvalue weighted by molar-refractivity contribution is 0.0632. The highest BCUT2D eigenvalue weighted by Gasteiger charge is 2.33. The van der Waals surface area contributed by atoms with E-state index >= 15 is 0 Å². The second kappa shape index (κ2) is 4.62. The minimum atomic E-state index is -0.173. The van der Waals surface area contributed by atoms with Crippen molar-refractivity contribution in [1.82, 2.24) is 15.0 Å². The molecule has 7 heteroatoms. The lowest BCUT2D eigenvalue weighted by Gasteiger charge is -2.41. The standard InChI is InChI=1S/C10H15ClN4O2/c1-10(2)6-17-5-4-15(10)8-12-7(11)13-9(14-8)16-3/h4-6H2,1-3H3. The van der Waals surface area contributed by atoms with Crippen molar-refractivity contribution in [3.05, 3.63) is 5.28 Å². The van der Waals surface area contributed by atoms with E-state index in [-0.39, 0.29) is 16.8 Å². The summed E-state index contributed by atoms with van der Waals surface area (Å²) >= 11 is 5.84. The van der Waals surface area contributed by atoms with Gasteiger partial charge in [-0.15, -0.1) is 0 Å². The zero-order valence-electron chi connectivity index (χ0n) is 10.1. The van der Waals surface area contributed by atoms with E-state index in [0.29, 0.717) is 19.2 Å². The Labute approximate surface area is 105 Å². The number of ether oxygens (including phenoxy) is 2. The molecule has 0 unspecified atom stereocenters. The van der Waals surface area contributed by atoms with Crippen LogP contribution in [0.2, 0.25) is 5.28 Å². The zero-order chi connectivity index (χ0) is 12.5. The molecule has 0 aromatic carbocycles. The van der Waals surface area contributed by atoms with Gasteiger partial charge >= 0.3 is 6.01 Å². The fraction of sp³-hybridized carbons (Fsp3) is 0.700. The minimum Gasteiger partial charge on any atom is -0.467 e. The van der Waals surface area contributed by atoms with Crippen LogP contribution < -0.4 is 9.64 Å². The molecule has 2 rings (SSSR count). The smallest absolute Gasteiger partial charge is 0.322 e. The molecule has 0 aliphatic carbocycles. The number of morpholine rings is 1. The molecule has 2 heterocycles. The third-order valence-electron chi connectivity index (χ3n) is 2.65. The van der Waals surface area contributed by atoms with E-state index in [4.69, 9.17) is 21.1 Å². The number of nitrogens with zero attached hydrogens (tertiary/aromatic N) is 4. The maximum absolute atomic E-state index is 5.84. The summed E-state index contributed by atoms with van der Waals surface area (Å²) in [6.45, 7) is 6.12. The topological polar surface area (TPSA) is 60.4 Å². The van der Waals surface area contributed by atoms with E-state index in [9.17, 15) is 0 Å². The lowest BCUT2D eigenvalue weighted by atomic mass is 10.0. The first kappa shape index (κ1) is 12.3. The first-order valence-electron chi connectivity index (χ1n) is 5.34. The third kappa shape index (κ3) is 2.58. The highest BCUT2D eigenvalue weighted by Crippen LogP contribution is 2.25. The number of hydrogen-bond acceptors (Lipinski definition) is 6. The van der Waals surface area contributed by atoms with E-state index in [1.807, 2.05) is 4.90 Å². The number of anilines is 1. The SMILES string of the molecule is COc1nc(Cl)nc(N2CCOCC2(C)C)n1. The van der Waals surface area contributed by atoms with E-state index in [1.54, 1.807) is 0 Å². The largest absolute Gasteiger partial charge is 0.467 e. The van der Waals surface area contributed by atoms with Crippen molar-refractivity contribution in [2.75, 3.05) is 31.8 Å². The Morgan fingerprint density at radius 3 is 2.76 bits per heavy atom. The van der Waals surface area contributed by atoms with Crippen molar-refractivity contribution in [2.45, 2.75) is 19.4 Å². The summed E-state index contributed by atoms with van der Waals surface area (Å²) in [6.07, 6.45) is 0. The minimum absolute atomic E-state index is 0.133. The normalized spacial score (nSPS) is 19.2. The van der Waals surface area contributed by atoms with Crippen LogP contribution in [-0.4, -0.2) is 47.4 Å². The predicted molar refractivity (Wildman–Crippen MR) is 63.6 cm³/mol. The molecular formula is C10H15ClN4O2. The summed E-state index contributed by atoms with van der Waals surface area (Å²) in [5.41, 5.74) is -0.173. The summed E-state index contributed by atoms with van der Waals surface area (Å²) in [7, 11) is 1.50. The molecule has 0 radical (unpaired) electrons. The molecular weight excluding hydrogens is 244 g/mol. The van der Waals surface area contributed by atoms with Gasteiger partial charge in [0.1, 0.15) is 0 Å². The van der Waals surface area contributed by atoms with Crippen LogP contribution in [-0.2, 0) is 4.74 Å². The van der Waals surface area contributed by atoms with E-state index in [2.05, 4.69) is 28.8 Å². The molecule has 6 nitrogen and oxygen atoms in total.